The lowest BCUT2D eigenvalue weighted by atomic mass is 9.95. The van der Waals surface area contributed by atoms with Gasteiger partial charge in [0.2, 0.25) is 0 Å². The maximum Gasteiger partial charge on any atom is 0.300 e. The van der Waals surface area contributed by atoms with Crippen molar-refractivity contribution in [1.29, 1.82) is 0 Å². The normalized spacial score (nSPS) is 17.5. The van der Waals surface area contributed by atoms with Crippen molar-refractivity contribution in [2.45, 2.75) is 19.9 Å². The Morgan fingerprint density at radius 1 is 0.909 bits per heavy atom. The van der Waals surface area contributed by atoms with Crippen molar-refractivity contribution >= 4 is 46.3 Å². The van der Waals surface area contributed by atoms with Crippen LogP contribution in [0.1, 0.15) is 28.3 Å². The first-order chi connectivity index (χ1) is 15.7. The molecule has 1 aliphatic rings. The molecule has 0 spiro atoms. The average molecular weight is 482 g/mol. The van der Waals surface area contributed by atoms with Crippen LogP contribution in [0, 0.1) is 13.8 Å². The molecule has 0 radical (unpaired) electrons. The largest absolute Gasteiger partial charge is 0.507 e. The van der Waals surface area contributed by atoms with E-state index in [9.17, 15) is 14.7 Å². The van der Waals surface area contributed by atoms with Gasteiger partial charge in [-0.25, -0.2) is 0 Å². The highest BCUT2D eigenvalue weighted by Gasteiger charge is 2.47. The van der Waals surface area contributed by atoms with Gasteiger partial charge in [-0.1, -0.05) is 41.4 Å². The smallest absolute Gasteiger partial charge is 0.300 e. The Morgan fingerprint density at radius 3 is 2.12 bits per heavy atom. The Kier molecular flexibility index (Phi) is 6.19. The highest BCUT2D eigenvalue weighted by Crippen LogP contribution is 2.43. The fourth-order valence-corrected chi connectivity index (χ4v) is 4.39. The number of methoxy groups -OCH3 is 1. The van der Waals surface area contributed by atoms with E-state index < -0.39 is 17.7 Å². The minimum Gasteiger partial charge on any atom is -0.507 e. The fraction of sp³-hybridized carbons (Fsp3) is 0.154. The van der Waals surface area contributed by atoms with Crippen molar-refractivity contribution in [3.8, 4) is 5.75 Å². The maximum absolute atomic E-state index is 13.3. The molecule has 1 atom stereocenters. The summed E-state index contributed by atoms with van der Waals surface area (Å²) in [5.74, 6) is -1.19. The van der Waals surface area contributed by atoms with Gasteiger partial charge in [0.15, 0.2) is 0 Å². The molecule has 0 saturated carbocycles. The van der Waals surface area contributed by atoms with Crippen molar-refractivity contribution in [3.63, 3.8) is 0 Å². The highest BCUT2D eigenvalue weighted by molar-refractivity contribution is 6.51. The van der Waals surface area contributed by atoms with E-state index in [1.807, 2.05) is 32.0 Å². The predicted molar refractivity (Wildman–Crippen MR) is 130 cm³/mol. The van der Waals surface area contributed by atoms with Crippen LogP contribution in [-0.4, -0.2) is 23.9 Å². The molecule has 0 aromatic heterocycles. The van der Waals surface area contributed by atoms with Gasteiger partial charge in [-0.3, -0.25) is 14.5 Å². The van der Waals surface area contributed by atoms with Crippen LogP contribution in [0.4, 0.5) is 5.69 Å². The van der Waals surface area contributed by atoms with Crippen molar-refractivity contribution in [2.75, 3.05) is 12.0 Å². The maximum atomic E-state index is 13.3. The van der Waals surface area contributed by atoms with Gasteiger partial charge in [0, 0.05) is 11.3 Å². The summed E-state index contributed by atoms with van der Waals surface area (Å²) in [7, 11) is 1.56. The fourth-order valence-electron chi connectivity index (χ4n) is 4.09. The summed E-state index contributed by atoms with van der Waals surface area (Å²) in [6, 6.07) is 16.4. The molecule has 3 aromatic rings. The van der Waals surface area contributed by atoms with E-state index >= 15 is 0 Å². The average Bonchev–Trinajstić information content (AvgIpc) is 3.05. The minimum absolute atomic E-state index is 0.0253. The highest BCUT2D eigenvalue weighted by atomic mass is 35.5. The summed E-state index contributed by atoms with van der Waals surface area (Å²) in [5.41, 5.74) is 3.39. The number of benzene rings is 3. The van der Waals surface area contributed by atoms with Gasteiger partial charge < -0.3 is 9.84 Å². The summed E-state index contributed by atoms with van der Waals surface area (Å²) in [6.07, 6.45) is 0. The number of Topliss-reactive ketones (excluding diaryl/α,β-unsaturated/α-hetero) is 1. The quantitative estimate of drug-likeness (QED) is 0.271. The second-order valence-electron chi connectivity index (χ2n) is 7.92. The molecule has 1 fully saturated rings. The molecule has 3 aromatic carbocycles. The third kappa shape index (κ3) is 4.22. The Balaban J connectivity index is 1.96. The van der Waals surface area contributed by atoms with Crippen molar-refractivity contribution in [2.24, 2.45) is 0 Å². The summed E-state index contributed by atoms with van der Waals surface area (Å²) < 4.78 is 5.25. The van der Waals surface area contributed by atoms with E-state index in [4.69, 9.17) is 27.9 Å². The van der Waals surface area contributed by atoms with Crippen molar-refractivity contribution in [3.05, 3.63) is 98.5 Å². The predicted octanol–water partition coefficient (Wildman–Crippen LogP) is 6.25. The molecule has 7 heteroatoms. The van der Waals surface area contributed by atoms with Crippen molar-refractivity contribution < 1.29 is 19.4 Å². The van der Waals surface area contributed by atoms with Crippen LogP contribution in [0.5, 0.6) is 5.75 Å². The molecule has 1 unspecified atom stereocenters. The first-order valence-electron chi connectivity index (χ1n) is 10.2. The molecule has 1 N–H and O–H groups in total. The molecule has 4 rings (SSSR count). The zero-order valence-corrected chi connectivity index (χ0v) is 19.7. The first-order valence-corrected chi connectivity index (χ1v) is 11.0. The Bertz CT molecular complexity index is 1280. The molecular weight excluding hydrogens is 461 g/mol. The summed E-state index contributed by atoms with van der Waals surface area (Å²) >= 11 is 12.1. The van der Waals surface area contributed by atoms with Gasteiger partial charge >= 0.3 is 0 Å². The number of anilines is 1. The number of carbonyl (C=O) groups is 2. The lowest BCUT2D eigenvalue weighted by Gasteiger charge is -2.26. The van der Waals surface area contributed by atoms with E-state index in [1.165, 1.54) is 17.0 Å². The molecule has 168 valence electrons. The van der Waals surface area contributed by atoms with Crippen LogP contribution in [0.2, 0.25) is 10.0 Å². The van der Waals surface area contributed by atoms with E-state index in [-0.39, 0.29) is 16.4 Å². The summed E-state index contributed by atoms with van der Waals surface area (Å²) in [6.45, 7) is 3.84. The zero-order chi connectivity index (χ0) is 23.9. The number of hydrogen-bond acceptors (Lipinski definition) is 4. The molecule has 1 aliphatic heterocycles. The number of aliphatic hydroxyl groups excluding tert-OH is 1. The molecule has 1 heterocycles. The Morgan fingerprint density at radius 2 is 1.55 bits per heavy atom. The van der Waals surface area contributed by atoms with Crippen LogP contribution < -0.4 is 9.64 Å². The van der Waals surface area contributed by atoms with Gasteiger partial charge in [0.25, 0.3) is 11.7 Å². The third-order valence-corrected chi connectivity index (χ3v) is 6.29. The van der Waals surface area contributed by atoms with E-state index in [2.05, 4.69) is 0 Å². The number of amides is 1. The van der Waals surface area contributed by atoms with Gasteiger partial charge in [-0.05, 0) is 73.0 Å². The van der Waals surface area contributed by atoms with Gasteiger partial charge in [-0.15, -0.1) is 0 Å². The van der Waals surface area contributed by atoms with Gasteiger partial charge in [-0.2, -0.15) is 0 Å². The molecule has 5 nitrogen and oxygen atoms in total. The topological polar surface area (TPSA) is 66.8 Å². The Hall–Kier alpha value is -3.28. The number of hydrogen-bond donors (Lipinski definition) is 1. The molecule has 0 aliphatic carbocycles. The molecule has 1 amide bonds. The van der Waals surface area contributed by atoms with E-state index in [1.54, 1.807) is 37.4 Å². The van der Waals surface area contributed by atoms with Crippen LogP contribution >= 0.6 is 23.2 Å². The number of aryl methyl sites for hydroxylation is 2. The summed E-state index contributed by atoms with van der Waals surface area (Å²) in [5, 5.41) is 11.7. The zero-order valence-electron chi connectivity index (χ0n) is 18.2. The number of halogens is 2. The van der Waals surface area contributed by atoms with E-state index in [0.717, 1.165) is 11.1 Å². The van der Waals surface area contributed by atoms with Crippen LogP contribution in [-0.2, 0) is 9.59 Å². The molecule has 33 heavy (non-hydrogen) atoms. The second kappa shape index (κ2) is 8.93. The number of ether oxygens (including phenoxy) is 1. The number of aliphatic hydroxyl groups is 1. The number of nitrogens with zero attached hydrogens (tertiary/aromatic N) is 1. The number of carbonyl (C=O) groups excluding carboxylic acids is 2. The lowest BCUT2D eigenvalue weighted by molar-refractivity contribution is -0.132. The monoisotopic (exact) mass is 481 g/mol. The second-order valence-corrected chi connectivity index (χ2v) is 8.73. The minimum atomic E-state index is -0.841. The lowest BCUT2D eigenvalue weighted by Crippen LogP contribution is -2.29. The van der Waals surface area contributed by atoms with Gasteiger partial charge in [0.05, 0.1) is 28.8 Å². The number of rotatable bonds is 4. The standard InChI is InChI=1S/C26H21Cl2NO4/c1-14-10-15(2)12-18(11-14)29-23(16-4-7-19(33-3)8-5-16)22(25(31)26(29)32)24(30)17-6-9-20(27)21(28)13-17/h4-13,23,30H,1-3H3/b24-22-. The molecule has 0 bridgehead atoms. The Labute approximate surface area is 201 Å². The third-order valence-electron chi connectivity index (χ3n) is 5.55. The number of ketones is 1. The summed E-state index contributed by atoms with van der Waals surface area (Å²) in [4.78, 5) is 27.9. The molecular formula is C26H21Cl2NO4. The SMILES string of the molecule is COc1ccc(C2/C(=C(/O)c3ccc(Cl)c(Cl)c3)C(=O)C(=O)N2c2cc(C)cc(C)c2)cc1. The van der Waals surface area contributed by atoms with Gasteiger partial charge in [0.1, 0.15) is 11.5 Å². The van der Waals surface area contributed by atoms with Crippen LogP contribution in [0.3, 0.4) is 0 Å². The molecule has 1 saturated heterocycles. The van der Waals surface area contributed by atoms with Crippen molar-refractivity contribution in [1.82, 2.24) is 0 Å². The van der Waals surface area contributed by atoms with Crippen LogP contribution in [0.25, 0.3) is 5.76 Å². The first kappa shape index (κ1) is 22.9. The van der Waals surface area contributed by atoms with Crippen LogP contribution in [0.15, 0.2) is 66.2 Å². The van der Waals surface area contributed by atoms with E-state index in [0.29, 0.717) is 27.6 Å².